The van der Waals surface area contributed by atoms with Gasteiger partial charge >= 0.3 is 0 Å². The van der Waals surface area contributed by atoms with Gasteiger partial charge in [0.15, 0.2) is 17.6 Å². The molecule has 5 rings (SSSR count). The Morgan fingerprint density at radius 3 is 2.96 bits per heavy atom. The summed E-state index contributed by atoms with van der Waals surface area (Å²) in [6.07, 6.45) is 5.33. The third-order valence-corrected chi connectivity index (χ3v) is 6.19. The molecular formula is C18H20NO4+. The molecule has 0 aromatic heterocycles. The Balaban J connectivity index is 1.86. The van der Waals surface area contributed by atoms with Crippen LogP contribution in [0.1, 0.15) is 17.5 Å². The minimum absolute atomic E-state index is 0.00606. The standard InChI is InChI=1S/C18H19NO4/c1-19(21)8-7-18-11-4-6-14(22-2)17(18)23-16-13(20)5-3-10(15(16)18)9-12(11)19/h3-6,12,17,21H,7-9H2,1-2H3/p+1/t12-,17+,18+,19?/m1/s1. The molecule has 5 nitrogen and oxygen atoms in total. The highest BCUT2D eigenvalue weighted by atomic mass is 16.6. The molecule has 2 aliphatic carbocycles. The van der Waals surface area contributed by atoms with Crippen molar-refractivity contribution in [1.82, 2.24) is 0 Å². The fourth-order valence-corrected chi connectivity index (χ4v) is 5.10. The van der Waals surface area contributed by atoms with Crippen LogP contribution in [0.3, 0.4) is 0 Å². The SMILES string of the molecule is COC1=CC=C2[C@H]3Cc4ccc(O)c5c4[C@@]2(CC[N+]3(C)O)[C@H]1O5. The van der Waals surface area contributed by atoms with Crippen molar-refractivity contribution in [3.05, 3.63) is 46.7 Å². The number of quaternary nitrogens is 1. The minimum Gasteiger partial charge on any atom is -0.504 e. The maximum atomic E-state index is 10.9. The summed E-state index contributed by atoms with van der Waals surface area (Å²) < 4.78 is 11.8. The largest absolute Gasteiger partial charge is 0.504 e. The summed E-state index contributed by atoms with van der Waals surface area (Å²) >= 11 is 0. The molecule has 2 aliphatic heterocycles. The molecule has 1 aromatic carbocycles. The number of phenolic OH excluding ortho intramolecular Hbond substituents is 1. The first-order valence-electron chi connectivity index (χ1n) is 8.05. The van der Waals surface area contributed by atoms with Crippen molar-refractivity contribution >= 4 is 0 Å². The van der Waals surface area contributed by atoms with Gasteiger partial charge < -0.3 is 14.6 Å². The van der Waals surface area contributed by atoms with Gasteiger partial charge in [-0.2, -0.15) is 4.65 Å². The van der Waals surface area contributed by atoms with Crippen LogP contribution >= 0.6 is 0 Å². The topological polar surface area (TPSA) is 58.9 Å². The third kappa shape index (κ3) is 1.36. The predicted molar refractivity (Wildman–Crippen MR) is 82.3 cm³/mol. The van der Waals surface area contributed by atoms with Crippen LogP contribution in [0.4, 0.5) is 0 Å². The monoisotopic (exact) mass is 314 g/mol. The number of hydrogen-bond acceptors (Lipinski definition) is 4. The molecule has 2 N–H and O–H groups in total. The van der Waals surface area contributed by atoms with Gasteiger partial charge in [0.2, 0.25) is 0 Å². The van der Waals surface area contributed by atoms with Crippen LogP contribution in [0.15, 0.2) is 35.6 Å². The Hall–Kier alpha value is -1.98. The van der Waals surface area contributed by atoms with Gasteiger partial charge in [-0.05, 0) is 17.7 Å². The number of methoxy groups -OCH3 is 1. The number of piperidine rings is 1. The van der Waals surface area contributed by atoms with Gasteiger partial charge in [-0.15, -0.1) is 0 Å². The molecule has 1 saturated heterocycles. The first-order valence-corrected chi connectivity index (χ1v) is 8.05. The number of allylic oxidation sites excluding steroid dienone is 2. The Bertz CT molecular complexity index is 794. The summed E-state index contributed by atoms with van der Waals surface area (Å²) in [5, 5.41) is 21.2. The molecule has 2 heterocycles. The van der Waals surface area contributed by atoms with Gasteiger partial charge in [0.25, 0.3) is 0 Å². The summed E-state index contributed by atoms with van der Waals surface area (Å²) in [7, 11) is 3.54. The minimum atomic E-state index is -0.313. The third-order valence-electron chi connectivity index (χ3n) is 6.19. The smallest absolute Gasteiger partial charge is 0.169 e. The second-order valence-electron chi connectivity index (χ2n) is 7.22. The highest BCUT2D eigenvalue weighted by Crippen LogP contribution is 2.63. The lowest BCUT2D eigenvalue weighted by Crippen LogP contribution is -2.65. The highest BCUT2D eigenvalue weighted by Gasteiger charge is 2.66. The Labute approximate surface area is 134 Å². The number of rotatable bonds is 1. The summed E-state index contributed by atoms with van der Waals surface area (Å²) in [5.74, 6) is 1.56. The van der Waals surface area contributed by atoms with E-state index in [4.69, 9.17) is 9.47 Å². The molecule has 0 radical (unpaired) electrons. The van der Waals surface area contributed by atoms with E-state index in [0.717, 1.165) is 29.7 Å². The van der Waals surface area contributed by atoms with Crippen LogP contribution in [0.5, 0.6) is 11.5 Å². The highest BCUT2D eigenvalue weighted by molar-refractivity contribution is 5.66. The molecule has 0 saturated carbocycles. The molecule has 1 fully saturated rings. The predicted octanol–water partition coefficient (Wildman–Crippen LogP) is 2.03. The molecular weight excluding hydrogens is 294 g/mol. The van der Waals surface area contributed by atoms with Crippen molar-refractivity contribution in [1.29, 1.82) is 0 Å². The molecule has 1 unspecified atom stereocenters. The van der Waals surface area contributed by atoms with Crippen molar-refractivity contribution in [2.24, 2.45) is 0 Å². The maximum Gasteiger partial charge on any atom is 0.169 e. The average Bonchev–Trinajstić information content (AvgIpc) is 2.88. The van der Waals surface area contributed by atoms with E-state index in [9.17, 15) is 10.3 Å². The van der Waals surface area contributed by atoms with Crippen LogP contribution < -0.4 is 4.74 Å². The van der Waals surface area contributed by atoms with Gasteiger partial charge in [0.1, 0.15) is 18.3 Å². The molecule has 5 heteroatoms. The van der Waals surface area contributed by atoms with E-state index < -0.39 is 0 Å². The normalized spacial score (nSPS) is 39.1. The molecule has 4 atom stereocenters. The number of hydrogen-bond donors (Lipinski definition) is 2. The number of ether oxygens (including phenoxy) is 2. The lowest BCUT2D eigenvalue weighted by atomic mass is 9.57. The number of benzene rings is 1. The summed E-state index contributed by atoms with van der Waals surface area (Å²) in [6, 6.07) is 3.69. The summed E-state index contributed by atoms with van der Waals surface area (Å²) in [5.41, 5.74) is 3.16. The van der Waals surface area contributed by atoms with Gasteiger partial charge in [0.05, 0.1) is 19.6 Å². The summed E-state index contributed by atoms with van der Waals surface area (Å²) in [4.78, 5) is 0. The van der Waals surface area contributed by atoms with Gasteiger partial charge in [-0.3, -0.25) is 0 Å². The lowest BCUT2D eigenvalue weighted by Gasteiger charge is -2.53. The first-order chi connectivity index (χ1) is 11.0. The molecule has 120 valence electrons. The Kier molecular flexibility index (Phi) is 2.29. The zero-order valence-corrected chi connectivity index (χ0v) is 13.2. The van der Waals surface area contributed by atoms with Gasteiger partial charge in [-0.1, -0.05) is 12.1 Å². The maximum absolute atomic E-state index is 10.9. The molecule has 4 aliphatic rings. The van der Waals surface area contributed by atoms with Crippen molar-refractivity contribution in [2.45, 2.75) is 30.4 Å². The van der Waals surface area contributed by atoms with Gasteiger partial charge in [0, 0.05) is 24.0 Å². The van der Waals surface area contributed by atoms with Crippen molar-refractivity contribution in [2.75, 3.05) is 20.7 Å². The van der Waals surface area contributed by atoms with Crippen LogP contribution in [0.2, 0.25) is 0 Å². The molecule has 1 aromatic rings. The van der Waals surface area contributed by atoms with Crippen LogP contribution in [0.25, 0.3) is 0 Å². The lowest BCUT2D eigenvalue weighted by molar-refractivity contribution is -1.11. The quantitative estimate of drug-likeness (QED) is 0.779. The zero-order valence-electron chi connectivity index (χ0n) is 13.2. The van der Waals surface area contributed by atoms with Crippen LogP contribution in [-0.2, 0) is 16.6 Å². The van der Waals surface area contributed by atoms with E-state index in [1.54, 1.807) is 13.2 Å². The van der Waals surface area contributed by atoms with Crippen molar-refractivity contribution in [3.8, 4) is 11.5 Å². The van der Waals surface area contributed by atoms with E-state index in [1.165, 1.54) is 5.57 Å². The second-order valence-corrected chi connectivity index (χ2v) is 7.22. The van der Waals surface area contributed by atoms with E-state index in [1.807, 2.05) is 19.2 Å². The van der Waals surface area contributed by atoms with Crippen LogP contribution in [0, 0.1) is 0 Å². The fourth-order valence-electron chi connectivity index (χ4n) is 5.10. The number of phenols is 1. The van der Waals surface area contributed by atoms with Gasteiger partial charge in [-0.25, -0.2) is 5.21 Å². The van der Waals surface area contributed by atoms with E-state index in [0.29, 0.717) is 12.3 Å². The van der Waals surface area contributed by atoms with E-state index in [-0.39, 0.29) is 28.0 Å². The molecule has 1 spiro atoms. The Morgan fingerprint density at radius 1 is 1.35 bits per heavy atom. The molecule has 23 heavy (non-hydrogen) atoms. The zero-order chi connectivity index (χ0) is 16.0. The number of nitrogens with zero attached hydrogens (tertiary/aromatic N) is 1. The molecule has 0 amide bonds. The number of likely N-dealkylation sites (N-methyl/N-ethyl adjacent to an activating group) is 1. The van der Waals surface area contributed by atoms with Crippen molar-refractivity contribution < 1.29 is 24.4 Å². The van der Waals surface area contributed by atoms with E-state index >= 15 is 0 Å². The van der Waals surface area contributed by atoms with E-state index in [2.05, 4.69) is 6.08 Å². The first kappa shape index (κ1) is 13.5. The number of aromatic hydroxyl groups is 1. The Morgan fingerprint density at radius 2 is 2.17 bits per heavy atom. The fraction of sp³-hybridized carbons (Fsp3) is 0.444. The second kappa shape index (κ2) is 3.91. The van der Waals surface area contributed by atoms with Crippen molar-refractivity contribution in [3.63, 3.8) is 0 Å². The van der Waals surface area contributed by atoms with Crippen LogP contribution in [-0.4, -0.2) is 47.8 Å². The average molecular weight is 314 g/mol. The molecule has 2 bridgehead atoms. The number of likely N-dealkylation sites (tertiary alicyclic amines) is 1. The summed E-state index contributed by atoms with van der Waals surface area (Å²) in [6.45, 7) is 0.660. The number of hydroxylamine groups is 3.